The SMILES string of the molecule is CC(C)c1cccc(NC2COCC2O)c1. The Labute approximate surface area is 96.4 Å². The first-order chi connectivity index (χ1) is 7.66. The standard InChI is InChI=1S/C13H19NO2/c1-9(2)10-4-3-5-11(6-10)14-12-7-16-8-13(12)15/h3-6,9,12-15H,7-8H2,1-2H3. The molecule has 0 spiro atoms. The zero-order chi connectivity index (χ0) is 11.5. The molecule has 3 heteroatoms. The second-order valence-corrected chi connectivity index (χ2v) is 4.64. The zero-order valence-electron chi connectivity index (χ0n) is 9.81. The van der Waals surface area contributed by atoms with Crippen LogP contribution in [0, 0.1) is 0 Å². The molecule has 0 aromatic heterocycles. The van der Waals surface area contributed by atoms with Crippen LogP contribution in [0.4, 0.5) is 5.69 Å². The predicted octanol–water partition coefficient (Wildman–Crippen LogP) is 1.98. The number of ether oxygens (including phenoxy) is 1. The summed E-state index contributed by atoms with van der Waals surface area (Å²) in [5, 5.41) is 13.0. The first kappa shape index (κ1) is 11.4. The number of aliphatic hydroxyl groups excluding tert-OH is 1. The van der Waals surface area contributed by atoms with Gasteiger partial charge in [-0.05, 0) is 23.6 Å². The fourth-order valence-electron chi connectivity index (χ4n) is 1.88. The lowest BCUT2D eigenvalue weighted by Gasteiger charge is -2.17. The van der Waals surface area contributed by atoms with E-state index in [1.54, 1.807) is 0 Å². The molecule has 1 aliphatic rings. The number of rotatable bonds is 3. The Morgan fingerprint density at radius 1 is 1.38 bits per heavy atom. The van der Waals surface area contributed by atoms with Crippen LogP contribution < -0.4 is 5.32 Å². The third kappa shape index (κ3) is 2.54. The number of hydrogen-bond acceptors (Lipinski definition) is 3. The summed E-state index contributed by atoms with van der Waals surface area (Å²) in [6, 6.07) is 8.34. The van der Waals surface area contributed by atoms with Gasteiger partial charge in [-0.2, -0.15) is 0 Å². The third-order valence-corrected chi connectivity index (χ3v) is 2.96. The van der Waals surface area contributed by atoms with Crippen molar-refractivity contribution in [3.8, 4) is 0 Å². The molecular formula is C13H19NO2. The van der Waals surface area contributed by atoms with E-state index in [9.17, 15) is 5.11 Å². The fraction of sp³-hybridized carbons (Fsp3) is 0.538. The van der Waals surface area contributed by atoms with Crippen LogP contribution in [0.15, 0.2) is 24.3 Å². The van der Waals surface area contributed by atoms with Crippen LogP contribution in [0.5, 0.6) is 0 Å². The highest BCUT2D eigenvalue weighted by Gasteiger charge is 2.25. The summed E-state index contributed by atoms with van der Waals surface area (Å²) >= 11 is 0. The summed E-state index contributed by atoms with van der Waals surface area (Å²) in [6.07, 6.45) is -0.400. The molecule has 2 rings (SSSR count). The molecule has 1 aromatic rings. The Hall–Kier alpha value is -1.06. The highest BCUT2D eigenvalue weighted by Crippen LogP contribution is 2.20. The van der Waals surface area contributed by atoms with E-state index in [0.29, 0.717) is 19.1 Å². The molecule has 0 bridgehead atoms. The molecule has 88 valence electrons. The molecule has 1 aromatic carbocycles. The van der Waals surface area contributed by atoms with E-state index >= 15 is 0 Å². The number of nitrogens with one attached hydrogen (secondary N) is 1. The van der Waals surface area contributed by atoms with E-state index in [2.05, 4.69) is 31.3 Å². The molecule has 16 heavy (non-hydrogen) atoms. The van der Waals surface area contributed by atoms with Gasteiger partial charge in [0.1, 0.15) is 0 Å². The lowest BCUT2D eigenvalue weighted by molar-refractivity contribution is 0.125. The van der Waals surface area contributed by atoms with Crippen LogP contribution in [-0.4, -0.2) is 30.5 Å². The topological polar surface area (TPSA) is 41.5 Å². The number of aliphatic hydroxyl groups is 1. The highest BCUT2D eigenvalue weighted by atomic mass is 16.5. The molecule has 1 fully saturated rings. The maximum absolute atomic E-state index is 9.64. The molecule has 2 N–H and O–H groups in total. The highest BCUT2D eigenvalue weighted by molar-refractivity contribution is 5.47. The van der Waals surface area contributed by atoms with Gasteiger partial charge in [-0.25, -0.2) is 0 Å². The van der Waals surface area contributed by atoms with Crippen molar-refractivity contribution in [2.24, 2.45) is 0 Å². The molecule has 1 aliphatic heterocycles. The molecule has 1 saturated heterocycles. The van der Waals surface area contributed by atoms with E-state index in [-0.39, 0.29) is 6.04 Å². The fourth-order valence-corrected chi connectivity index (χ4v) is 1.88. The van der Waals surface area contributed by atoms with Crippen LogP contribution in [0.2, 0.25) is 0 Å². The Balaban J connectivity index is 2.06. The third-order valence-electron chi connectivity index (χ3n) is 2.96. The summed E-state index contributed by atoms with van der Waals surface area (Å²) in [5.74, 6) is 0.520. The molecule has 2 atom stereocenters. The Morgan fingerprint density at radius 2 is 2.19 bits per heavy atom. The molecule has 0 saturated carbocycles. The predicted molar refractivity (Wildman–Crippen MR) is 64.8 cm³/mol. The van der Waals surface area contributed by atoms with Crippen molar-refractivity contribution in [2.75, 3.05) is 18.5 Å². The molecule has 3 nitrogen and oxygen atoms in total. The van der Waals surface area contributed by atoms with Gasteiger partial charge in [-0.15, -0.1) is 0 Å². The minimum absolute atomic E-state index is 0.0161. The maximum Gasteiger partial charge on any atom is 0.0996 e. The second kappa shape index (κ2) is 4.85. The van der Waals surface area contributed by atoms with Crippen molar-refractivity contribution in [3.63, 3.8) is 0 Å². The van der Waals surface area contributed by atoms with Gasteiger partial charge in [0.25, 0.3) is 0 Å². The average Bonchev–Trinajstić information content (AvgIpc) is 2.65. The number of anilines is 1. The lowest BCUT2D eigenvalue weighted by atomic mass is 10.0. The van der Waals surface area contributed by atoms with Crippen molar-refractivity contribution in [2.45, 2.75) is 31.9 Å². The van der Waals surface area contributed by atoms with E-state index < -0.39 is 6.10 Å². The smallest absolute Gasteiger partial charge is 0.0996 e. The van der Waals surface area contributed by atoms with Gasteiger partial charge in [-0.1, -0.05) is 26.0 Å². The average molecular weight is 221 g/mol. The summed E-state index contributed by atoms with van der Waals surface area (Å²) < 4.78 is 5.21. The molecular weight excluding hydrogens is 202 g/mol. The molecule has 0 amide bonds. The van der Waals surface area contributed by atoms with E-state index in [1.807, 2.05) is 12.1 Å². The van der Waals surface area contributed by atoms with Crippen LogP contribution in [0.25, 0.3) is 0 Å². The normalized spacial score (nSPS) is 25.0. The van der Waals surface area contributed by atoms with Crippen LogP contribution in [0.1, 0.15) is 25.3 Å². The van der Waals surface area contributed by atoms with E-state index in [0.717, 1.165) is 5.69 Å². The van der Waals surface area contributed by atoms with E-state index in [1.165, 1.54) is 5.56 Å². The van der Waals surface area contributed by atoms with Gasteiger partial charge >= 0.3 is 0 Å². The van der Waals surface area contributed by atoms with Crippen molar-refractivity contribution in [1.29, 1.82) is 0 Å². The molecule has 0 aliphatic carbocycles. The van der Waals surface area contributed by atoms with Gasteiger partial charge in [0.2, 0.25) is 0 Å². The summed E-state index contributed by atoms with van der Waals surface area (Å²) in [5.41, 5.74) is 2.36. The Kier molecular flexibility index (Phi) is 3.46. The summed E-state index contributed by atoms with van der Waals surface area (Å²) in [7, 11) is 0. The van der Waals surface area contributed by atoms with Crippen molar-refractivity contribution < 1.29 is 9.84 Å². The molecule has 1 heterocycles. The van der Waals surface area contributed by atoms with Gasteiger partial charge in [0, 0.05) is 5.69 Å². The minimum Gasteiger partial charge on any atom is -0.388 e. The Bertz CT molecular complexity index is 352. The van der Waals surface area contributed by atoms with Gasteiger partial charge in [0.15, 0.2) is 0 Å². The largest absolute Gasteiger partial charge is 0.388 e. The van der Waals surface area contributed by atoms with Crippen LogP contribution in [-0.2, 0) is 4.74 Å². The summed E-state index contributed by atoms with van der Waals surface area (Å²) in [6.45, 7) is 5.36. The zero-order valence-corrected chi connectivity index (χ0v) is 9.81. The van der Waals surface area contributed by atoms with Gasteiger partial charge < -0.3 is 15.2 Å². The number of hydrogen-bond donors (Lipinski definition) is 2. The van der Waals surface area contributed by atoms with Gasteiger partial charge in [0.05, 0.1) is 25.4 Å². The maximum atomic E-state index is 9.64. The quantitative estimate of drug-likeness (QED) is 0.820. The monoisotopic (exact) mass is 221 g/mol. The second-order valence-electron chi connectivity index (χ2n) is 4.64. The van der Waals surface area contributed by atoms with Crippen LogP contribution >= 0.6 is 0 Å². The number of benzene rings is 1. The van der Waals surface area contributed by atoms with Crippen molar-refractivity contribution in [1.82, 2.24) is 0 Å². The first-order valence-electron chi connectivity index (χ1n) is 5.79. The Morgan fingerprint density at radius 3 is 2.81 bits per heavy atom. The van der Waals surface area contributed by atoms with Gasteiger partial charge in [-0.3, -0.25) is 0 Å². The van der Waals surface area contributed by atoms with Crippen molar-refractivity contribution >= 4 is 5.69 Å². The van der Waals surface area contributed by atoms with Crippen molar-refractivity contribution in [3.05, 3.63) is 29.8 Å². The first-order valence-corrected chi connectivity index (χ1v) is 5.79. The van der Waals surface area contributed by atoms with E-state index in [4.69, 9.17) is 4.74 Å². The minimum atomic E-state index is -0.400. The summed E-state index contributed by atoms with van der Waals surface area (Å²) in [4.78, 5) is 0. The molecule has 0 radical (unpaired) electrons. The molecule has 2 unspecified atom stereocenters. The van der Waals surface area contributed by atoms with Crippen LogP contribution in [0.3, 0.4) is 0 Å². The lowest BCUT2D eigenvalue weighted by Crippen LogP contribution is -2.31.